The minimum absolute atomic E-state index is 0.516. The van der Waals surface area contributed by atoms with E-state index in [2.05, 4.69) is 49.3 Å². The average molecular weight is 304 g/mol. The molecule has 21 heavy (non-hydrogen) atoms. The van der Waals surface area contributed by atoms with Gasteiger partial charge in [0.1, 0.15) is 17.4 Å². The Balaban J connectivity index is 2.04. The summed E-state index contributed by atoms with van der Waals surface area (Å²) in [6, 6.07) is 8.32. The molecule has 3 nitrogen and oxygen atoms in total. The van der Waals surface area contributed by atoms with Crippen LogP contribution in [0.2, 0.25) is 0 Å². The molecule has 4 heteroatoms. The molecule has 1 N–H and O–H groups in total. The molecule has 114 valence electrons. The fraction of sp³-hybridized carbons (Fsp3) is 0.471. The zero-order chi connectivity index (χ0) is 15.2. The quantitative estimate of drug-likeness (QED) is 0.835. The van der Waals surface area contributed by atoms with E-state index in [1.54, 1.807) is 11.3 Å². The summed E-state index contributed by atoms with van der Waals surface area (Å²) in [7, 11) is 1.97. The van der Waals surface area contributed by atoms with Gasteiger partial charge in [0, 0.05) is 11.4 Å². The van der Waals surface area contributed by atoms with Crippen LogP contribution in [0.1, 0.15) is 47.8 Å². The van der Waals surface area contributed by atoms with Crippen LogP contribution in [0.15, 0.2) is 24.3 Å². The maximum Gasteiger partial charge on any atom is 0.140 e. The molecule has 0 unspecified atom stereocenters. The van der Waals surface area contributed by atoms with Crippen molar-refractivity contribution in [3.8, 4) is 5.75 Å². The predicted molar refractivity (Wildman–Crippen MR) is 89.1 cm³/mol. The number of hydrogen-bond acceptors (Lipinski definition) is 4. The van der Waals surface area contributed by atoms with Crippen molar-refractivity contribution in [2.75, 3.05) is 7.05 Å². The van der Waals surface area contributed by atoms with Crippen LogP contribution in [0.4, 0.5) is 0 Å². The van der Waals surface area contributed by atoms with Gasteiger partial charge in [0.15, 0.2) is 0 Å². The Morgan fingerprint density at radius 2 is 2.14 bits per heavy atom. The van der Waals surface area contributed by atoms with E-state index in [1.165, 1.54) is 16.1 Å². The number of hydrogen-bond donors (Lipinski definition) is 1. The zero-order valence-electron chi connectivity index (χ0n) is 13.3. The summed E-state index contributed by atoms with van der Waals surface area (Å²) >= 11 is 1.74. The Bertz CT molecular complexity index is 578. The van der Waals surface area contributed by atoms with E-state index in [1.807, 2.05) is 13.1 Å². The lowest BCUT2D eigenvalue weighted by atomic mass is 10.0. The van der Waals surface area contributed by atoms with E-state index < -0.39 is 0 Å². The third-order valence-electron chi connectivity index (χ3n) is 3.38. The monoisotopic (exact) mass is 304 g/mol. The van der Waals surface area contributed by atoms with Crippen LogP contribution in [-0.4, -0.2) is 12.0 Å². The molecule has 1 aromatic heterocycles. The number of benzene rings is 1. The van der Waals surface area contributed by atoms with Crippen LogP contribution in [0, 0.1) is 0 Å². The van der Waals surface area contributed by atoms with Gasteiger partial charge in [-0.15, -0.1) is 11.3 Å². The fourth-order valence-corrected chi connectivity index (χ4v) is 3.26. The molecule has 0 saturated carbocycles. The van der Waals surface area contributed by atoms with Crippen molar-refractivity contribution in [1.82, 2.24) is 10.3 Å². The van der Waals surface area contributed by atoms with Crippen LogP contribution in [0.25, 0.3) is 0 Å². The molecule has 0 aliphatic carbocycles. The van der Waals surface area contributed by atoms with Crippen LogP contribution in [-0.2, 0) is 19.6 Å². The van der Waals surface area contributed by atoms with Gasteiger partial charge in [0.05, 0.1) is 5.69 Å². The molecular formula is C17H24N2OS. The zero-order valence-corrected chi connectivity index (χ0v) is 14.1. The van der Waals surface area contributed by atoms with Crippen molar-refractivity contribution in [1.29, 1.82) is 0 Å². The molecule has 0 saturated heterocycles. The van der Waals surface area contributed by atoms with Crippen molar-refractivity contribution in [3.05, 3.63) is 45.4 Å². The molecule has 2 rings (SSSR count). The summed E-state index contributed by atoms with van der Waals surface area (Å²) in [6.45, 7) is 7.95. The van der Waals surface area contributed by atoms with Crippen molar-refractivity contribution < 1.29 is 4.74 Å². The molecule has 0 spiro atoms. The summed E-state index contributed by atoms with van der Waals surface area (Å²) in [6.07, 6.45) is 0.969. The predicted octanol–water partition coefficient (Wildman–Crippen LogP) is 4.13. The summed E-state index contributed by atoms with van der Waals surface area (Å²) in [4.78, 5) is 5.99. The number of rotatable bonds is 7. The van der Waals surface area contributed by atoms with Gasteiger partial charge in [0.2, 0.25) is 0 Å². The summed E-state index contributed by atoms with van der Waals surface area (Å²) in [5, 5.41) is 4.24. The van der Waals surface area contributed by atoms with E-state index in [0.717, 1.165) is 23.7 Å². The van der Waals surface area contributed by atoms with Gasteiger partial charge in [0.25, 0.3) is 0 Å². The second-order valence-electron chi connectivity index (χ2n) is 5.38. The fourth-order valence-electron chi connectivity index (χ4n) is 2.18. The Morgan fingerprint density at radius 3 is 2.81 bits per heavy atom. The number of aromatic nitrogens is 1. The first-order chi connectivity index (χ1) is 10.1. The lowest BCUT2D eigenvalue weighted by Gasteiger charge is -2.08. The largest absolute Gasteiger partial charge is 0.486 e. The summed E-state index contributed by atoms with van der Waals surface area (Å²) in [5.41, 5.74) is 2.49. The highest BCUT2D eigenvalue weighted by atomic mass is 32.1. The molecular weight excluding hydrogens is 280 g/mol. The Labute approximate surface area is 131 Å². The highest BCUT2D eigenvalue weighted by molar-refractivity contribution is 7.11. The summed E-state index contributed by atoms with van der Waals surface area (Å²) in [5.74, 6) is 1.44. The smallest absolute Gasteiger partial charge is 0.140 e. The van der Waals surface area contributed by atoms with Gasteiger partial charge in [-0.05, 0) is 37.1 Å². The maximum absolute atomic E-state index is 5.90. The maximum atomic E-state index is 5.90. The molecule has 0 atom stereocenters. The molecule has 0 aliphatic rings. The normalized spacial score (nSPS) is 11.1. The standard InChI is InChI=1S/C17H24N2OS/c1-5-15-16(10-18-4)21-17(19-15)11-20-14-8-6-7-13(9-14)12(2)3/h6-9,12,18H,5,10-11H2,1-4H3. The molecule has 0 bridgehead atoms. The van der Waals surface area contributed by atoms with E-state index in [9.17, 15) is 0 Å². The number of ether oxygens (including phenoxy) is 1. The second kappa shape index (κ2) is 7.57. The van der Waals surface area contributed by atoms with Crippen molar-refractivity contribution in [2.24, 2.45) is 0 Å². The number of aryl methyl sites for hydroxylation is 1. The molecule has 0 aliphatic heterocycles. The second-order valence-corrected chi connectivity index (χ2v) is 6.55. The van der Waals surface area contributed by atoms with Crippen LogP contribution in [0.3, 0.4) is 0 Å². The van der Waals surface area contributed by atoms with Gasteiger partial charge in [-0.3, -0.25) is 0 Å². The van der Waals surface area contributed by atoms with Gasteiger partial charge in [-0.25, -0.2) is 4.98 Å². The van der Waals surface area contributed by atoms with Crippen molar-refractivity contribution in [3.63, 3.8) is 0 Å². The van der Waals surface area contributed by atoms with Crippen LogP contribution < -0.4 is 10.1 Å². The average Bonchev–Trinajstić information content (AvgIpc) is 2.88. The van der Waals surface area contributed by atoms with Crippen molar-refractivity contribution >= 4 is 11.3 Å². The van der Waals surface area contributed by atoms with E-state index in [0.29, 0.717) is 12.5 Å². The summed E-state index contributed by atoms with van der Waals surface area (Å²) < 4.78 is 5.90. The highest BCUT2D eigenvalue weighted by Gasteiger charge is 2.10. The molecule has 1 heterocycles. The number of thiazole rings is 1. The van der Waals surface area contributed by atoms with Gasteiger partial charge >= 0.3 is 0 Å². The Morgan fingerprint density at radius 1 is 1.33 bits per heavy atom. The van der Waals surface area contributed by atoms with Gasteiger partial charge in [-0.1, -0.05) is 32.9 Å². The van der Waals surface area contributed by atoms with Crippen molar-refractivity contribution in [2.45, 2.75) is 46.3 Å². The van der Waals surface area contributed by atoms with Crippen LogP contribution >= 0.6 is 11.3 Å². The number of nitrogens with one attached hydrogen (secondary N) is 1. The molecule has 1 aromatic carbocycles. The molecule has 2 aromatic rings. The third kappa shape index (κ3) is 4.29. The first-order valence-electron chi connectivity index (χ1n) is 7.48. The SMILES string of the molecule is CCc1nc(COc2cccc(C(C)C)c2)sc1CNC. The third-order valence-corrected chi connectivity index (χ3v) is 4.45. The lowest BCUT2D eigenvalue weighted by Crippen LogP contribution is -2.05. The first kappa shape index (κ1) is 16.0. The Kier molecular flexibility index (Phi) is 5.76. The van der Waals surface area contributed by atoms with Crippen LogP contribution in [0.5, 0.6) is 5.75 Å². The van der Waals surface area contributed by atoms with Gasteiger partial charge in [-0.2, -0.15) is 0 Å². The topological polar surface area (TPSA) is 34.1 Å². The Hall–Kier alpha value is -1.39. The minimum Gasteiger partial charge on any atom is -0.486 e. The van der Waals surface area contributed by atoms with E-state index in [-0.39, 0.29) is 0 Å². The number of nitrogens with zero attached hydrogens (tertiary/aromatic N) is 1. The molecule has 0 fully saturated rings. The molecule has 0 amide bonds. The highest BCUT2D eigenvalue weighted by Crippen LogP contribution is 2.23. The first-order valence-corrected chi connectivity index (χ1v) is 8.30. The van der Waals surface area contributed by atoms with E-state index >= 15 is 0 Å². The van der Waals surface area contributed by atoms with Gasteiger partial charge < -0.3 is 10.1 Å². The minimum atomic E-state index is 0.516. The van der Waals surface area contributed by atoms with E-state index in [4.69, 9.17) is 4.74 Å². The molecule has 0 radical (unpaired) electrons. The lowest BCUT2D eigenvalue weighted by molar-refractivity contribution is 0.305.